The van der Waals surface area contributed by atoms with Crippen molar-refractivity contribution < 1.29 is 9.84 Å². The van der Waals surface area contributed by atoms with Crippen LogP contribution in [0, 0.1) is 13.8 Å². The molecule has 1 unspecified atom stereocenters. The van der Waals surface area contributed by atoms with Gasteiger partial charge in [0.2, 0.25) is 0 Å². The van der Waals surface area contributed by atoms with Gasteiger partial charge in [-0.25, -0.2) is 0 Å². The lowest BCUT2D eigenvalue weighted by Gasteiger charge is -2.15. The van der Waals surface area contributed by atoms with Crippen LogP contribution in [0.15, 0.2) is 18.2 Å². The molecule has 3 nitrogen and oxygen atoms in total. The molecule has 0 saturated carbocycles. The zero-order chi connectivity index (χ0) is 12.8. The molecule has 1 aromatic rings. The Morgan fingerprint density at radius 3 is 2.29 bits per heavy atom. The Morgan fingerprint density at radius 1 is 1.18 bits per heavy atom. The van der Waals surface area contributed by atoms with Gasteiger partial charge in [0.05, 0.1) is 18.8 Å². The van der Waals surface area contributed by atoms with Gasteiger partial charge in [0.15, 0.2) is 0 Å². The molecule has 0 aliphatic carbocycles. The lowest BCUT2D eigenvalue weighted by atomic mass is 10.1. The van der Waals surface area contributed by atoms with Crippen molar-refractivity contribution in [3.05, 3.63) is 29.3 Å². The van der Waals surface area contributed by atoms with Gasteiger partial charge in [-0.2, -0.15) is 0 Å². The van der Waals surface area contributed by atoms with Crippen molar-refractivity contribution >= 4 is 5.69 Å². The topological polar surface area (TPSA) is 41.5 Å². The third-order valence-electron chi connectivity index (χ3n) is 2.39. The minimum atomic E-state index is -0.474. The summed E-state index contributed by atoms with van der Waals surface area (Å²) in [5, 5.41) is 12.9. The number of rotatable bonds is 6. The number of anilines is 1. The first-order chi connectivity index (χ1) is 7.97. The second-order valence-electron chi connectivity index (χ2n) is 4.79. The molecular weight excluding hydrogens is 214 g/mol. The van der Waals surface area contributed by atoms with Crippen molar-refractivity contribution in [1.82, 2.24) is 0 Å². The summed E-state index contributed by atoms with van der Waals surface area (Å²) in [6, 6.07) is 6.27. The van der Waals surface area contributed by atoms with E-state index < -0.39 is 6.10 Å². The predicted octanol–water partition coefficient (Wildman–Crippen LogP) is 2.50. The Bertz CT molecular complexity index is 330. The molecule has 0 aromatic heterocycles. The number of nitrogens with one attached hydrogen (secondary N) is 1. The SMILES string of the molecule is Cc1cc(C)cc(NCC(O)COC(C)C)c1. The van der Waals surface area contributed by atoms with Crippen molar-refractivity contribution in [2.45, 2.75) is 39.9 Å². The fraction of sp³-hybridized carbons (Fsp3) is 0.571. The first-order valence-corrected chi connectivity index (χ1v) is 6.09. The van der Waals surface area contributed by atoms with Crippen LogP contribution in [-0.4, -0.2) is 30.5 Å². The summed E-state index contributed by atoms with van der Waals surface area (Å²) < 4.78 is 5.35. The Labute approximate surface area is 104 Å². The van der Waals surface area contributed by atoms with Gasteiger partial charge in [0.1, 0.15) is 0 Å². The molecule has 0 spiro atoms. The maximum atomic E-state index is 9.71. The summed E-state index contributed by atoms with van der Waals surface area (Å²) in [7, 11) is 0. The van der Waals surface area contributed by atoms with Crippen molar-refractivity contribution in [2.24, 2.45) is 0 Å². The second kappa shape index (κ2) is 6.62. The zero-order valence-electron chi connectivity index (χ0n) is 11.2. The van der Waals surface area contributed by atoms with E-state index in [1.54, 1.807) is 0 Å². The van der Waals surface area contributed by atoms with E-state index in [1.165, 1.54) is 11.1 Å². The first-order valence-electron chi connectivity index (χ1n) is 6.09. The third kappa shape index (κ3) is 5.71. The molecule has 1 rings (SSSR count). The van der Waals surface area contributed by atoms with E-state index in [-0.39, 0.29) is 6.10 Å². The van der Waals surface area contributed by atoms with Crippen LogP contribution in [-0.2, 0) is 4.74 Å². The number of aliphatic hydroxyl groups is 1. The van der Waals surface area contributed by atoms with Gasteiger partial charge < -0.3 is 15.2 Å². The van der Waals surface area contributed by atoms with E-state index in [0.29, 0.717) is 13.2 Å². The van der Waals surface area contributed by atoms with E-state index >= 15 is 0 Å². The molecule has 0 bridgehead atoms. The van der Waals surface area contributed by atoms with Crippen LogP contribution in [0.25, 0.3) is 0 Å². The fourth-order valence-electron chi connectivity index (χ4n) is 1.67. The van der Waals surface area contributed by atoms with Gasteiger partial charge >= 0.3 is 0 Å². The minimum Gasteiger partial charge on any atom is -0.389 e. The Hall–Kier alpha value is -1.06. The monoisotopic (exact) mass is 237 g/mol. The number of ether oxygens (including phenoxy) is 1. The molecule has 0 aliphatic heterocycles. The highest BCUT2D eigenvalue weighted by atomic mass is 16.5. The molecule has 17 heavy (non-hydrogen) atoms. The Morgan fingerprint density at radius 2 is 1.76 bits per heavy atom. The molecular formula is C14H23NO2. The highest BCUT2D eigenvalue weighted by molar-refractivity contribution is 5.48. The average molecular weight is 237 g/mol. The number of hydrogen-bond donors (Lipinski definition) is 2. The standard InChI is InChI=1S/C14H23NO2/c1-10(2)17-9-14(16)8-15-13-6-11(3)5-12(4)7-13/h5-7,10,14-16H,8-9H2,1-4H3. The van der Waals surface area contributed by atoms with Crippen LogP contribution in [0.2, 0.25) is 0 Å². The molecule has 0 aliphatic rings. The molecule has 0 amide bonds. The minimum absolute atomic E-state index is 0.158. The number of benzene rings is 1. The molecule has 1 atom stereocenters. The van der Waals surface area contributed by atoms with Crippen molar-refractivity contribution in [1.29, 1.82) is 0 Å². The molecule has 0 heterocycles. The van der Waals surface area contributed by atoms with Gasteiger partial charge in [-0.05, 0) is 51.0 Å². The molecule has 0 fully saturated rings. The largest absolute Gasteiger partial charge is 0.389 e. The van der Waals surface area contributed by atoms with E-state index in [0.717, 1.165) is 5.69 Å². The molecule has 0 radical (unpaired) electrons. The quantitative estimate of drug-likeness (QED) is 0.798. The van der Waals surface area contributed by atoms with E-state index in [1.807, 2.05) is 13.8 Å². The summed E-state index contributed by atoms with van der Waals surface area (Å²) in [6.07, 6.45) is -0.316. The summed E-state index contributed by atoms with van der Waals surface area (Å²) in [6.45, 7) is 8.94. The summed E-state index contributed by atoms with van der Waals surface area (Å²) >= 11 is 0. The average Bonchev–Trinajstić information content (AvgIpc) is 2.22. The molecule has 2 N–H and O–H groups in total. The number of hydrogen-bond acceptors (Lipinski definition) is 3. The highest BCUT2D eigenvalue weighted by Crippen LogP contribution is 2.13. The van der Waals surface area contributed by atoms with Crippen LogP contribution in [0.4, 0.5) is 5.69 Å². The van der Waals surface area contributed by atoms with E-state index in [2.05, 4.69) is 37.4 Å². The van der Waals surface area contributed by atoms with Crippen LogP contribution in [0.5, 0.6) is 0 Å². The van der Waals surface area contributed by atoms with Gasteiger partial charge in [-0.3, -0.25) is 0 Å². The lowest BCUT2D eigenvalue weighted by Crippen LogP contribution is -2.26. The van der Waals surface area contributed by atoms with Crippen LogP contribution >= 0.6 is 0 Å². The zero-order valence-corrected chi connectivity index (χ0v) is 11.2. The lowest BCUT2D eigenvalue weighted by molar-refractivity contribution is 0.0112. The van der Waals surface area contributed by atoms with Crippen molar-refractivity contribution in [3.63, 3.8) is 0 Å². The predicted molar refractivity (Wildman–Crippen MR) is 71.5 cm³/mol. The van der Waals surface area contributed by atoms with E-state index in [9.17, 15) is 5.11 Å². The molecule has 0 saturated heterocycles. The number of aryl methyl sites for hydroxylation is 2. The highest BCUT2D eigenvalue weighted by Gasteiger charge is 2.05. The summed E-state index contributed by atoms with van der Waals surface area (Å²) in [5.41, 5.74) is 3.49. The van der Waals surface area contributed by atoms with Gasteiger partial charge in [0, 0.05) is 12.2 Å². The van der Waals surface area contributed by atoms with E-state index in [4.69, 9.17) is 4.74 Å². The van der Waals surface area contributed by atoms with Crippen molar-refractivity contribution in [2.75, 3.05) is 18.5 Å². The Balaban J connectivity index is 2.39. The van der Waals surface area contributed by atoms with Gasteiger partial charge in [-0.15, -0.1) is 0 Å². The van der Waals surface area contributed by atoms with Crippen LogP contribution in [0.3, 0.4) is 0 Å². The van der Waals surface area contributed by atoms with Gasteiger partial charge in [0.25, 0.3) is 0 Å². The summed E-state index contributed by atoms with van der Waals surface area (Å²) in [4.78, 5) is 0. The molecule has 3 heteroatoms. The fourth-order valence-corrected chi connectivity index (χ4v) is 1.67. The second-order valence-corrected chi connectivity index (χ2v) is 4.79. The van der Waals surface area contributed by atoms with Crippen LogP contribution in [0.1, 0.15) is 25.0 Å². The Kier molecular flexibility index (Phi) is 5.45. The maximum absolute atomic E-state index is 9.71. The smallest absolute Gasteiger partial charge is 0.0945 e. The summed E-state index contributed by atoms with van der Waals surface area (Å²) in [5.74, 6) is 0. The molecule has 1 aromatic carbocycles. The number of aliphatic hydroxyl groups excluding tert-OH is 1. The maximum Gasteiger partial charge on any atom is 0.0945 e. The normalized spacial score (nSPS) is 12.8. The van der Waals surface area contributed by atoms with Gasteiger partial charge in [-0.1, -0.05) is 6.07 Å². The van der Waals surface area contributed by atoms with Crippen molar-refractivity contribution in [3.8, 4) is 0 Å². The first kappa shape index (κ1) is 14.0. The molecule has 96 valence electrons. The third-order valence-corrected chi connectivity index (χ3v) is 2.39. The van der Waals surface area contributed by atoms with Crippen LogP contribution < -0.4 is 5.32 Å².